The molecular weight excluding hydrogens is 300 g/mol. The highest BCUT2D eigenvalue weighted by Gasteiger charge is 2.13. The van der Waals surface area contributed by atoms with Gasteiger partial charge in [-0.25, -0.2) is 13.4 Å². The van der Waals surface area contributed by atoms with Crippen molar-refractivity contribution in [1.29, 1.82) is 5.26 Å². The lowest BCUT2D eigenvalue weighted by atomic mass is 10.2. The van der Waals surface area contributed by atoms with Gasteiger partial charge in [-0.3, -0.25) is 4.72 Å². The number of hydrogen-bond donors (Lipinski definition) is 1. The molecule has 2 aromatic rings. The van der Waals surface area contributed by atoms with Crippen molar-refractivity contribution in [1.82, 2.24) is 9.97 Å². The summed E-state index contributed by atoms with van der Waals surface area (Å²) in [4.78, 5) is 7.41. The number of halogens is 1. The molecule has 0 aliphatic rings. The smallest absolute Gasteiger partial charge is 0.238 e. The van der Waals surface area contributed by atoms with Crippen molar-refractivity contribution in [3.63, 3.8) is 0 Å². The van der Waals surface area contributed by atoms with E-state index >= 15 is 0 Å². The molecule has 0 radical (unpaired) electrons. The van der Waals surface area contributed by atoms with E-state index in [9.17, 15) is 8.42 Å². The molecule has 1 heterocycles. The lowest BCUT2D eigenvalue weighted by Gasteiger charge is -2.07. The van der Waals surface area contributed by atoms with E-state index in [2.05, 4.69) is 14.7 Å². The number of nitriles is 1. The lowest BCUT2D eigenvalue weighted by molar-refractivity contribution is 0.600. The van der Waals surface area contributed by atoms with Crippen LogP contribution in [0.2, 0.25) is 5.28 Å². The maximum atomic E-state index is 12.0. The summed E-state index contributed by atoms with van der Waals surface area (Å²) in [5.41, 5.74) is 0.916. The second-order valence-electron chi connectivity index (χ2n) is 3.88. The molecule has 0 amide bonds. The molecule has 0 aliphatic carbocycles. The zero-order valence-corrected chi connectivity index (χ0v) is 11.7. The van der Waals surface area contributed by atoms with Crippen LogP contribution < -0.4 is 4.72 Å². The molecule has 1 aromatic carbocycles. The predicted molar refractivity (Wildman–Crippen MR) is 74.4 cm³/mol. The lowest BCUT2D eigenvalue weighted by Crippen LogP contribution is -2.16. The first-order valence-electron chi connectivity index (χ1n) is 5.46. The van der Waals surface area contributed by atoms with Crippen LogP contribution >= 0.6 is 11.6 Å². The van der Waals surface area contributed by atoms with Crippen LogP contribution in [0.5, 0.6) is 0 Å². The molecule has 102 valence electrons. The minimum absolute atomic E-state index is 0.0447. The van der Waals surface area contributed by atoms with Gasteiger partial charge in [-0.1, -0.05) is 12.1 Å². The summed E-state index contributed by atoms with van der Waals surface area (Å²) in [5, 5.41) is 8.73. The van der Waals surface area contributed by atoms with Gasteiger partial charge < -0.3 is 0 Å². The highest BCUT2D eigenvalue weighted by molar-refractivity contribution is 7.91. The van der Waals surface area contributed by atoms with Gasteiger partial charge in [0.15, 0.2) is 0 Å². The summed E-state index contributed by atoms with van der Waals surface area (Å²) < 4.78 is 26.3. The third kappa shape index (κ3) is 3.91. The van der Waals surface area contributed by atoms with Crippen molar-refractivity contribution in [2.75, 3.05) is 4.72 Å². The van der Waals surface area contributed by atoms with E-state index in [4.69, 9.17) is 16.9 Å². The van der Waals surface area contributed by atoms with Crippen molar-refractivity contribution in [2.45, 2.75) is 5.75 Å². The van der Waals surface area contributed by atoms with E-state index in [1.165, 1.54) is 18.3 Å². The number of hydrogen-bond acceptors (Lipinski definition) is 5. The minimum Gasteiger partial charge on any atom is -0.267 e. The second kappa shape index (κ2) is 5.86. The molecule has 6 nitrogen and oxygen atoms in total. The topological polar surface area (TPSA) is 95.7 Å². The molecule has 0 saturated carbocycles. The summed E-state index contributed by atoms with van der Waals surface area (Å²) in [5.74, 6) is -0.161. The van der Waals surface area contributed by atoms with Crippen LogP contribution in [-0.2, 0) is 15.8 Å². The molecular formula is C12H9ClN4O2S. The molecule has 0 spiro atoms. The van der Waals surface area contributed by atoms with Gasteiger partial charge in [0.05, 0.1) is 17.4 Å². The third-order valence-corrected chi connectivity index (χ3v) is 3.71. The van der Waals surface area contributed by atoms with Gasteiger partial charge in [0.25, 0.3) is 0 Å². The number of anilines is 1. The minimum atomic E-state index is -3.64. The molecule has 0 atom stereocenters. The normalized spacial score (nSPS) is 10.8. The number of nitrogens with zero attached hydrogens (tertiary/aromatic N) is 3. The Morgan fingerprint density at radius 3 is 2.85 bits per heavy atom. The average Bonchev–Trinajstić information content (AvgIpc) is 2.37. The maximum Gasteiger partial charge on any atom is 0.238 e. The Kier molecular flexibility index (Phi) is 4.17. The van der Waals surface area contributed by atoms with Gasteiger partial charge >= 0.3 is 0 Å². The van der Waals surface area contributed by atoms with E-state index in [0.717, 1.165) is 0 Å². The van der Waals surface area contributed by atoms with Gasteiger partial charge in [-0.15, -0.1) is 0 Å². The monoisotopic (exact) mass is 308 g/mol. The first kappa shape index (κ1) is 14.2. The predicted octanol–water partition coefficient (Wildman–Crippen LogP) is 1.94. The number of nitrogens with one attached hydrogen (secondary N) is 1. The number of rotatable bonds is 4. The fourth-order valence-electron chi connectivity index (χ4n) is 1.54. The molecule has 0 bridgehead atoms. The van der Waals surface area contributed by atoms with E-state index < -0.39 is 10.0 Å². The fourth-order valence-corrected chi connectivity index (χ4v) is 2.81. The van der Waals surface area contributed by atoms with Crippen molar-refractivity contribution >= 4 is 27.4 Å². The standard InChI is InChI=1S/C12H9ClN4O2S/c13-12-15-5-4-11(16-12)17-20(18,19)8-10-3-1-2-9(6-10)7-14/h1-6H,8H2,(H,15,16,17). The highest BCUT2D eigenvalue weighted by Crippen LogP contribution is 2.12. The van der Waals surface area contributed by atoms with Crippen molar-refractivity contribution in [3.8, 4) is 6.07 Å². The SMILES string of the molecule is N#Cc1cccc(CS(=O)(=O)Nc2ccnc(Cl)n2)c1. The molecule has 20 heavy (non-hydrogen) atoms. The summed E-state index contributed by atoms with van der Waals surface area (Å²) in [7, 11) is -3.64. The number of benzene rings is 1. The number of aromatic nitrogens is 2. The van der Waals surface area contributed by atoms with E-state index in [-0.39, 0.29) is 16.9 Å². The van der Waals surface area contributed by atoms with Gasteiger partial charge in [-0.2, -0.15) is 10.2 Å². The summed E-state index contributed by atoms with van der Waals surface area (Å²) in [6.45, 7) is 0. The van der Waals surface area contributed by atoms with E-state index in [1.54, 1.807) is 18.2 Å². The van der Waals surface area contributed by atoms with Crippen LogP contribution in [0.25, 0.3) is 0 Å². The Balaban J connectivity index is 2.17. The largest absolute Gasteiger partial charge is 0.267 e. The molecule has 0 aliphatic heterocycles. The average molecular weight is 309 g/mol. The van der Waals surface area contributed by atoms with Crippen LogP contribution in [0.4, 0.5) is 5.82 Å². The fraction of sp³-hybridized carbons (Fsp3) is 0.0833. The Bertz CT molecular complexity index is 771. The Labute approximate surface area is 121 Å². The van der Waals surface area contributed by atoms with Crippen LogP contribution in [0.1, 0.15) is 11.1 Å². The van der Waals surface area contributed by atoms with Gasteiger partial charge in [0.1, 0.15) is 5.82 Å². The van der Waals surface area contributed by atoms with Crippen molar-refractivity contribution in [3.05, 3.63) is 52.9 Å². The Morgan fingerprint density at radius 2 is 2.15 bits per heavy atom. The molecule has 8 heteroatoms. The third-order valence-electron chi connectivity index (χ3n) is 2.30. The Morgan fingerprint density at radius 1 is 1.35 bits per heavy atom. The molecule has 0 saturated heterocycles. The van der Waals surface area contributed by atoms with Crippen molar-refractivity contribution in [2.24, 2.45) is 0 Å². The molecule has 1 aromatic heterocycles. The molecule has 0 unspecified atom stereocenters. The van der Waals surface area contributed by atoms with Crippen LogP contribution in [-0.4, -0.2) is 18.4 Å². The van der Waals surface area contributed by atoms with Gasteiger partial charge in [0, 0.05) is 6.20 Å². The molecule has 1 N–H and O–H groups in total. The maximum absolute atomic E-state index is 12.0. The quantitative estimate of drug-likeness (QED) is 0.871. The summed E-state index contributed by atoms with van der Waals surface area (Å²) >= 11 is 5.58. The first-order chi connectivity index (χ1) is 9.48. The van der Waals surface area contributed by atoms with Crippen LogP contribution in [0.3, 0.4) is 0 Å². The summed E-state index contributed by atoms with van der Waals surface area (Å²) in [6.07, 6.45) is 1.35. The first-order valence-corrected chi connectivity index (χ1v) is 7.49. The van der Waals surface area contributed by atoms with Crippen LogP contribution in [0.15, 0.2) is 36.5 Å². The highest BCUT2D eigenvalue weighted by atomic mass is 35.5. The van der Waals surface area contributed by atoms with Gasteiger partial charge in [0.2, 0.25) is 15.3 Å². The van der Waals surface area contributed by atoms with E-state index in [0.29, 0.717) is 11.1 Å². The number of sulfonamides is 1. The second-order valence-corrected chi connectivity index (χ2v) is 5.94. The zero-order chi connectivity index (χ0) is 14.6. The Hall–Kier alpha value is -2.17. The van der Waals surface area contributed by atoms with Crippen LogP contribution in [0, 0.1) is 11.3 Å². The molecule has 2 rings (SSSR count). The van der Waals surface area contributed by atoms with Gasteiger partial charge in [-0.05, 0) is 35.4 Å². The van der Waals surface area contributed by atoms with E-state index in [1.807, 2.05) is 6.07 Å². The van der Waals surface area contributed by atoms with Crippen molar-refractivity contribution < 1.29 is 8.42 Å². The molecule has 0 fully saturated rings. The zero-order valence-electron chi connectivity index (χ0n) is 10.1. The summed E-state index contributed by atoms with van der Waals surface area (Å²) in [6, 6.07) is 9.74.